The largest absolute Gasteiger partial charge is 0.573 e. The topological polar surface area (TPSA) is 92.7 Å². The van der Waals surface area contributed by atoms with Crippen LogP contribution in [0.2, 0.25) is 0 Å². The molecule has 11 heteroatoms. The van der Waals surface area contributed by atoms with Crippen LogP contribution in [0.15, 0.2) is 70.9 Å². The number of nitrogens with one attached hydrogen (secondary N) is 1. The van der Waals surface area contributed by atoms with E-state index >= 15 is 0 Å². The van der Waals surface area contributed by atoms with Crippen molar-refractivity contribution >= 4 is 27.3 Å². The average Bonchev–Trinajstić information content (AvgIpc) is 3.21. The van der Waals surface area contributed by atoms with E-state index in [1.807, 2.05) is 0 Å². The highest BCUT2D eigenvalue weighted by atomic mass is 32.2. The minimum absolute atomic E-state index is 0.0949. The Morgan fingerprint density at radius 2 is 1.72 bits per heavy atom. The molecule has 168 valence electrons. The summed E-state index contributed by atoms with van der Waals surface area (Å²) >= 11 is 0.883. The van der Waals surface area contributed by atoms with Crippen LogP contribution in [-0.2, 0) is 14.8 Å². The lowest BCUT2D eigenvalue weighted by Crippen LogP contribution is -2.44. The average molecular weight is 483 g/mol. The molecule has 1 heterocycles. The van der Waals surface area contributed by atoms with Crippen molar-refractivity contribution in [3.63, 3.8) is 0 Å². The van der Waals surface area contributed by atoms with Crippen molar-refractivity contribution in [1.82, 2.24) is 4.72 Å². The van der Waals surface area contributed by atoms with E-state index in [4.69, 9.17) is 0 Å². The normalized spacial score (nSPS) is 20.7. The highest BCUT2D eigenvalue weighted by Gasteiger charge is 2.63. The van der Waals surface area contributed by atoms with Crippen LogP contribution in [0.1, 0.15) is 17.9 Å². The Morgan fingerprint density at radius 3 is 2.31 bits per heavy atom. The molecule has 0 bridgehead atoms. The minimum Gasteiger partial charge on any atom is -0.480 e. The van der Waals surface area contributed by atoms with Gasteiger partial charge in [-0.25, -0.2) is 8.42 Å². The maximum atomic E-state index is 12.9. The Balaban J connectivity index is 1.54. The van der Waals surface area contributed by atoms with Gasteiger partial charge in [-0.2, -0.15) is 4.72 Å². The van der Waals surface area contributed by atoms with Gasteiger partial charge in [0.05, 0.1) is 0 Å². The predicted molar refractivity (Wildman–Crippen MR) is 111 cm³/mol. The van der Waals surface area contributed by atoms with Crippen LogP contribution in [0.25, 0.3) is 10.4 Å². The minimum atomic E-state index is -4.81. The van der Waals surface area contributed by atoms with Gasteiger partial charge in [0.2, 0.25) is 0 Å². The maximum Gasteiger partial charge on any atom is 0.573 e. The van der Waals surface area contributed by atoms with Gasteiger partial charge in [0, 0.05) is 10.8 Å². The van der Waals surface area contributed by atoms with Gasteiger partial charge < -0.3 is 9.84 Å². The second-order valence-electron chi connectivity index (χ2n) is 7.24. The molecule has 1 fully saturated rings. The lowest BCUT2D eigenvalue weighted by molar-refractivity contribution is -0.274. The van der Waals surface area contributed by atoms with Gasteiger partial charge in [0.1, 0.15) is 15.5 Å². The lowest BCUT2D eigenvalue weighted by atomic mass is 10.1. The molecule has 2 aromatic carbocycles. The van der Waals surface area contributed by atoms with Crippen LogP contribution in [0.5, 0.6) is 5.75 Å². The predicted octanol–water partition coefficient (Wildman–Crippen LogP) is 4.60. The Labute approximate surface area is 185 Å². The Bertz CT molecular complexity index is 1240. The number of carboxylic acids is 1. The van der Waals surface area contributed by atoms with E-state index in [1.165, 1.54) is 24.3 Å². The first-order valence-electron chi connectivity index (χ1n) is 9.28. The third kappa shape index (κ3) is 4.50. The van der Waals surface area contributed by atoms with Crippen LogP contribution in [-0.4, -0.2) is 31.4 Å². The van der Waals surface area contributed by atoms with Crippen LogP contribution >= 0.6 is 11.3 Å². The molecule has 0 spiro atoms. The Morgan fingerprint density at radius 1 is 1.06 bits per heavy atom. The van der Waals surface area contributed by atoms with Crippen LogP contribution in [0.4, 0.5) is 13.2 Å². The molecule has 1 aromatic heterocycles. The molecule has 4 rings (SSSR count). The summed E-state index contributed by atoms with van der Waals surface area (Å²) in [4.78, 5) is 12.4. The van der Waals surface area contributed by atoms with Gasteiger partial charge in [-0.1, -0.05) is 30.3 Å². The fourth-order valence-electron chi connectivity index (χ4n) is 3.47. The quantitative estimate of drug-likeness (QED) is 0.512. The number of carboxylic acid groups (broad SMARTS) is 1. The standard InChI is InChI=1S/C21H16F3NO5S2/c22-21(23,24)30-15-8-6-14(7-9-15)17-10-11-18(31-17)32(28,29)25-20(19(26)27)12-16(20)13-4-2-1-3-5-13/h1-11,16,25H,12H2,(H,26,27)/t16-,20+/m0/s1. The van der Waals surface area contributed by atoms with Crippen molar-refractivity contribution < 1.29 is 36.2 Å². The number of halogens is 3. The summed E-state index contributed by atoms with van der Waals surface area (Å²) in [5.41, 5.74) is -0.404. The molecule has 0 saturated heterocycles. The first-order chi connectivity index (χ1) is 15.0. The first-order valence-corrected chi connectivity index (χ1v) is 11.6. The zero-order valence-electron chi connectivity index (χ0n) is 16.2. The molecule has 1 aliphatic rings. The molecule has 32 heavy (non-hydrogen) atoms. The van der Waals surface area contributed by atoms with Crippen molar-refractivity contribution in [3.05, 3.63) is 72.3 Å². The summed E-state index contributed by atoms with van der Waals surface area (Å²) in [5.74, 6) is -2.14. The SMILES string of the molecule is O=C(O)[C@@]1(NS(=O)(=O)c2ccc(-c3ccc(OC(F)(F)F)cc3)s2)C[C@H]1c1ccccc1. The number of hydrogen-bond donors (Lipinski definition) is 2. The van der Waals surface area contributed by atoms with Gasteiger partial charge in [0.15, 0.2) is 0 Å². The molecular formula is C21H16F3NO5S2. The van der Waals surface area contributed by atoms with Crippen molar-refractivity contribution in [1.29, 1.82) is 0 Å². The third-order valence-electron chi connectivity index (χ3n) is 5.08. The number of aliphatic carboxylic acids is 1. The molecule has 2 N–H and O–H groups in total. The smallest absolute Gasteiger partial charge is 0.480 e. The molecular weight excluding hydrogens is 467 g/mol. The van der Waals surface area contributed by atoms with Crippen LogP contribution in [0, 0.1) is 0 Å². The van der Waals surface area contributed by atoms with Crippen molar-refractivity contribution in [2.75, 3.05) is 0 Å². The fourth-order valence-corrected chi connectivity index (χ4v) is 6.19. The van der Waals surface area contributed by atoms with Crippen molar-refractivity contribution in [2.45, 2.75) is 28.4 Å². The van der Waals surface area contributed by atoms with E-state index in [1.54, 1.807) is 30.3 Å². The van der Waals surface area contributed by atoms with E-state index in [2.05, 4.69) is 9.46 Å². The summed E-state index contributed by atoms with van der Waals surface area (Å²) in [6.07, 6.45) is -4.68. The highest BCUT2D eigenvalue weighted by molar-refractivity contribution is 7.91. The second-order valence-corrected chi connectivity index (χ2v) is 10.2. The second kappa shape index (κ2) is 7.91. The number of sulfonamides is 1. The zero-order valence-corrected chi connectivity index (χ0v) is 17.8. The summed E-state index contributed by atoms with van der Waals surface area (Å²) in [6, 6.07) is 16.6. The number of carbonyl (C=O) groups is 1. The number of rotatable bonds is 7. The summed E-state index contributed by atoms with van der Waals surface area (Å²) < 4.78 is 68.8. The lowest BCUT2D eigenvalue weighted by Gasteiger charge is -2.14. The monoisotopic (exact) mass is 483 g/mol. The summed E-state index contributed by atoms with van der Waals surface area (Å²) in [5, 5.41) is 9.72. The number of ether oxygens (including phenoxy) is 1. The van der Waals surface area contributed by atoms with E-state index < -0.39 is 39.6 Å². The van der Waals surface area contributed by atoms with Crippen LogP contribution in [0.3, 0.4) is 0 Å². The number of alkyl halides is 3. The summed E-state index contributed by atoms with van der Waals surface area (Å²) in [7, 11) is -4.15. The van der Waals surface area contributed by atoms with Gasteiger partial charge in [0.25, 0.3) is 10.0 Å². The zero-order chi connectivity index (χ0) is 23.1. The molecule has 1 aliphatic carbocycles. The molecule has 0 radical (unpaired) electrons. The van der Waals surface area contributed by atoms with E-state index in [0.717, 1.165) is 29.0 Å². The van der Waals surface area contributed by atoms with Crippen molar-refractivity contribution in [2.24, 2.45) is 0 Å². The molecule has 6 nitrogen and oxygen atoms in total. The van der Waals surface area contributed by atoms with E-state index in [-0.39, 0.29) is 10.6 Å². The Kier molecular flexibility index (Phi) is 5.51. The molecule has 3 aromatic rings. The highest BCUT2D eigenvalue weighted by Crippen LogP contribution is 2.52. The van der Waals surface area contributed by atoms with Gasteiger partial charge in [-0.15, -0.1) is 24.5 Å². The molecule has 2 atom stereocenters. The fraction of sp³-hybridized carbons (Fsp3) is 0.190. The third-order valence-corrected chi connectivity index (χ3v) is 8.22. The maximum absolute atomic E-state index is 12.9. The number of hydrogen-bond acceptors (Lipinski definition) is 5. The van der Waals surface area contributed by atoms with Gasteiger partial charge in [-0.3, -0.25) is 4.79 Å². The number of benzene rings is 2. The molecule has 0 aliphatic heterocycles. The first kappa shape index (κ1) is 22.3. The van der Waals surface area contributed by atoms with Gasteiger partial charge in [-0.05, 0) is 53.9 Å². The van der Waals surface area contributed by atoms with E-state index in [0.29, 0.717) is 10.4 Å². The molecule has 0 amide bonds. The molecule has 1 saturated carbocycles. The van der Waals surface area contributed by atoms with Gasteiger partial charge >= 0.3 is 12.3 Å². The number of thiophene rings is 1. The Hall–Kier alpha value is -2.89. The van der Waals surface area contributed by atoms with Crippen LogP contribution < -0.4 is 9.46 Å². The summed E-state index contributed by atoms with van der Waals surface area (Å²) in [6.45, 7) is 0. The van der Waals surface area contributed by atoms with Crippen molar-refractivity contribution in [3.8, 4) is 16.2 Å². The van der Waals surface area contributed by atoms with E-state index in [9.17, 15) is 31.5 Å². The molecule has 0 unspecified atom stereocenters.